The highest BCUT2D eigenvalue weighted by Crippen LogP contribution is 2.32. The first-order valence-corrected chi connectivity index (χ1v) is 1.49. The van der Waals surface area contributed by atoms with Crippen molar-refractivity contribution in [1.82, 2.24) is 0 Å². The minimum atomic E-state index is -4.33. The van der Waals surface area contributed by atoms with E-state index in [0.717, 1.165) is 0 Å². The highest BCUT2D eigenvalue weighted by atomic mass is 19.4. The van der Waals surface area contributed by atoms with Crippen molar-refractivity contribution in [1.29, 1.82) is 0 Å². The lowest BCUT2D eigenvalue weighted by atomic mass is 10.7. The van der Waals surface area contributed by atoms with Gasteiger partial charge in [-0.25, -0.2) is 0 Å². The molecule has 0 radical (unpaired) electrons. The molecule has 0 aromatic rings. The first kappa shape index (κ1) is 4.86. The summed E-state index contributed by atoms with van der Waals surface area (Å²) in [5.41, 5.74) is 0. The summed E-state index contributed by atoms with van der Waals surface area (Å²) in [5.74, 6) is 0. The molecule has 0 aromatic carbocycles. The molecule has 0 aliphatic carbocycles. The standard InChI is InChI=1S/C2HF3O2/c3-2(4,5)1-6-7-1/h1H. The van der Waals surface area contributed by atoms with Crippen LogP contribution in [0, 0.1) is 0 Å². The van der Waals surface area contributed by atoms with Crippen LogP contribution in [0.1, 0.15) is 0 Å². The van der Waals surface area contributed by atoms with Crippen molar-refractivity contribution in [3.63, 3.8) is 0 Å². The Morgan fingerprint density at radius 2 is 1.57 bits per heavy atom. The second-order valence-corrected chi connectivity index (χ2v) is 1.07. The quantitative estimate of drug-likeness (QED) is 0.344. The summed E-state index contributed by atoms with van der Waals surface area (Å²) in [4.78, 5) is 6.90. The monoisotopic (exact) mass is 114 g/mol. The molecule has 7 heavy (non-hydrogen) atoms. The van der Waals surface area contributed by atoms with E-state index in [1.54, 1.807) is 0 Å². The van der Waals surface area contributed by atoms with Gasteiger partial charge in [0.15, 0.2) is 0 Å². The van der Waals surface area contributed by atoms with Crippen molar-refractivity contribution in [2.24, 2.45) is 0 Å². The minimum Gasteiger partial charge on any atom is -0.188 e. The van der Waals surface area contributed by atoms with Crippen LogP contribution in [-0.2, 0) is 9.78 Å². The van der Waals surface area contributed by atoms with Gasteiger partial charge in [-0.2, -0.15) is 22.9 Å². The van der Waals surface area contributed by atoms with Gasteiger partial charge in [-0.1, -0.05) is 0 Å². The van der Waals surface area contributed by atoms with Crippen LogP contribution in [-0.4, -0.2) is 12.5 Å². The summed E-state index contributed by atoms with van der Waals surface area (Å²) in [5, 5.41) is 0. The van der Waals surface area contributed by atoms with Crippen LogP contribution < -0.4 is 0 Å². The Kier molecular flexibility index (Phi) is 0.767. The van der Waals surface area contributed by atoms with Crippen molar-refractivity contribution in [2.75, 3.05) is 0 Å². The van der Waals surface area contributed by atoms with Crippen molar-refractivity contribution in [3.8, 4) is 0 Å². The Bertz CT molecular complexity index is 73.5. The molecule has 1 heterocycles. The van der Waals surface area contributed by atoms with E-state index in [9.17, 15) is 13.2 Å². The zero-order chi connectivity index (χ0) is 5.49. The summed E-state index contributed by atoms with van der Waals surface area (Å²) >= 11 is 0. The normalized spacial score (nSPS) is 22.7. The molecule has 0 amide bonds. The van der Waals surface area contributed by atoms with Gasteiger partial charge in [0.25, 0.3) is 0 Å². The molecule has 1 fully saturated rings. The molecule has 2 nitrogen and oxygen atoms in total. The predicted molar refractivity (Wildman–Crippen MR) is 12.0 cm³/mol. The lowest BCUT2D eigenvalue weighted by Crippen LogP contribution is -2.15. The summed E-state index contributed by atoms with van der Waals surface area (Å²) in [6, 6.07) is 0. The zero-order valence-electron chi connectivity index (χ0n) is 3.03. The maximum atomic E-state index is 11.0. The van der Waals surface area contributed by atoms with Crippen LogP contribution >= 0.6 is 0 Å². The number of rotatable bonds is 0. The number of halogens is 3. The van der Waals surface area contributed by atoms with Crippen molar-refractivity contribution in [2.45, 2.75) is 12.5 Å². The molecule has 1 saturated heterocycles. The van der Waals surface area contributed by atoms with E-state index in [-0.39, 0.29) is 0 Å². The Labute approximate surface area is 36.8 Å². The van der Waals surface area contributed by atoms with Gasteiger partial charge in [-0.15, -0.1) is 0 Å². The first-order valence-electron chi connectivity index (χ1n) is 1.49. The van der Waals surface area contributed by atoms with Crippen LogP contribution in [0.25, 0.3) is 0 Å². The summed E-state index contributed by atoms with van der Waals surface area (Å²) in [6.07, 6.45) is -6.28. The molecule has 0 aromatic heterocycles. The van der Waals surface area contributed by atoms with Gasteiger partial charge in [-0.05, 0) is 0 Å². The molecule has 0 spiro atoms. The van der Waals surface area contributed by atoms with Crippen molar-refractivity contribution in [3.05, 3.63) is 0 Å². The number of hydrogen-bond acceptors (Lipinski definition) is 2. The second-order valence-electron chi connectivity index (χ2n) is 1.07. The Morgan fingerprint density at radius 1 is 1.14 bits per heavy atom. The predicted octanol–water partition coefficient (Wildman–Crippen LogP) is 0.837. The summed E-state index contributed by atoms with van der Waals surface area (Å²) < 4.78 is 33.0. The SMILES string of the molecule is FC(F)(F)C1OO1. The van der Waals surface area contributed by atoms with Crippen molar-refractivity contribution >= 4 is 0 Å². The van der Waals surface area contributed by atoms with Crippen LogP contribution in [0.2, 0.25) is 0 Å². The third kappa shape index (κ3) is 1.04. The topological polar surface area (TPSA) is 25.1 Å². The van der Waals surface area contributed by atoms with E-state index in [0.29, 0.717) is 0 Å². The lowest BCUT2D eigenvalue weighted by Gasteiger charge is -1.92. The largest absolute Gasteiger partial charge is 0.446 e. The highest BCUT2D eigenvalue weighted by molar-refractivity contribution is 4.57. The van der Waals surface area contributed by atoms with Gasteiger partial charge in [0.2, 0.25) is 0 Å². The van der Waals surface area contributed by atoms with Gasteiger partial charge in [0.1, 0.15) is 0 Å². The fourth-order valence-corrected chi connectivity index (χ4v) is 0.137. The molecule has 0 saturated carbocycles. The lowest BCUT2D eigenvalue weighted by molar-refractivity contribution is -0.151. The van der Waals surface area contributed by atoms with E-state index in [1.807, 2.05) is 0 Å². The minimum absolute atomic E-state index is 1.95. The van der Waals surface area contributed by atoms with Gasteiger partial charge < -0.3 is 0 Å². The van der Waals surface area contributed by atoms with Gasteiger partial charge in [0, 0.05) is 0 Å². The Morgan fingerprint density at radius 3 is 1.57 bits per heavy atom. The third-order valence-corrected chi connectivity index (χ3v) is 0.460. The van der Waals surface area contributed by atoms with E-state index in [1.165, 1.54) is 0 Å². The third-order valence-electron chi connectivity index (χ3n) is 0.460. The van der Waals surface area contributed by atoms with Crippen LogP contribution in [0.15, 0.2) is 0 Å². The molecular formula is C2HF3O2. The van der Waals surface area contributed by atoms with Crippen molar-refractivity contribution < 1.29 is 22.9 Å². The smallest absolute Gasteiger partial charge is 0.188 e. The second kappa shape index (κ2) is 1.10. The molecule has 1 rings (SSSR count). The molecular weight excluding hydrogens is 113 g/mol. The van der Waals surface area contributed by atoms with E-state index < -0.39 is 12.5 Å². The maximum absolute atomic E-state index is 11.0. The molecule has 0 N–H and O–H groups in total. The Hall–Kier alpha value is -0.290. The van der Waals surface area contributed by atoms with Crippen LogP contribution in [0.4, 0.5) is 13.2 Å². The van der Waals surface area contributed by atoms with E-state index >= 15 is 0 Å². The van der Waals surface area contributed by atoms with Crippen LogP contribution in [0.3, 0.4) is 0 Å². The van der Waals surface area contributed by atoms with Gasteiger partial charge in [-0.3, -0.25) is 0 Å². The fourth-order valence-electron chi connectivity index (χ4n) is 0.137. The maximum Gasteiger partial charge on any atom is 0.446 e. The molecule has 1 aliphatic heterocycles. The zero-order valence-corrected chi connectivity index (χ0v) is 3.03. The first-order chi connectivity index (χ1) is 3.11. The molecule has 5 heteroatoms. The van der Waals surface area contributed by atoms with E-state index in [4.69, 9.17) is 0 Å². The molecule has 0 bridgehead atoms. The number of alkyl halides is 3. The van der Waals surface area contributed by atoms with Gasteiger partial charge >= 0.3 is 12.5 Å². The average Bonchev–Trinajstić information content (AvgIpc) is 1.99. The van der Waals surface area contributed by atoms with Crippen LogP contribution in [0.5, 0.6) is 0 Å². The highest BCUT2D eigenvalue weighted by Gasteiger charge is 2.53. The van der Waals surface area contributed by atoms with Gasteiger partial charge in [0.05, 0.1) is 0 Å². The fraction of sp³-hybridized carbons (Fsp3) is 1.00. The molecule has 0 unspecified atom stereocenters. The Balaban J connectivity index is 2.36. The molecule has 0 atom stereocenters. The molecule has 42 valence electrons. The average molecular weight is 114 g/mol. The number of hydrogen-bond donors (Lipinski definition) is 0. The van der Waals surface area contributed by atoms with E-state index in [2.05, 4.69) is 9.78 Å². The summed E-state index contributed by atoms with van der Waals surface area (Å²) in [7, 11) is 0. The summed E-state index contributed by atoms with van der Waals surface area (Å²) in [6.45, 7) is 0. The molecule has 1 aliphatic rings.